The summed E-state index contributed by atoms with van der Waals surface area (Å²) in [6.07, 6.45) is 0.956. The van der Waals surface area contributed by atoms with Gasteiger partial charge in [0.2, 0.25) is 5.91 Å². The first kappa shape index (κ1) is 22.7. The molecule has 0 unspecified atom stereocenters. The predicted octanol–water partition coefficient (Wildman–Crippen LogP) is 2.47. The highest BCUT2D eigenvalue weighted by molar-refractivity contribution is 7.14. The van der Waals surface area contributed by atoms with Crippen molar-refractivity contribution in [1.29, 1.82) is 0 Å². The number of thiazole rings is 1. The highest BCUT2D eigenvalue weighted by Crippen LogP contribution is 2.26. The Morgan fingerprint density at radius 3 is 2.45 bits per heavy atom. The van der Waals surface area contributed by atoms with Crippen molar-refractivity contribution in [2.24, 2.45) is 27.1 Å². The fraction of sp³-hybridized carbons (Fsp3) is 0.348. The molecule has 0 aliphatic carbocycles. The number of nitrogens with zero attached hydrogens (tertiary/aromatic N) is 5. The molecule has 3 heterocycles. The Morgan fingerprint density at radius 2 is 1.79 bits per heavy atom. The maximum absolute atomic E-state index is 12.8. The van der Waals surface area contributed by atoms with Crippen molar-refractivity contribution in [2.45, 2.75) is 26.7 Å². The van der Waals surface area contributed by atoms with E-state index in [0.717, 1.165) is 22.2 Å². The molecule has 0 fully saturated rings. The van der Waals surface area contributed by atoms with E-state index in [-0.39, 0.29) is 23.4 Å². The predicted molar refractivity (Wildman–Crippen MR) is 130 cm³/mol. The van der Waals surface area contributed by atoms with Crippen LogP contribution in [-0.4, -0.2) is 29.8 Å². The van der Waals surface area contributed by atoms with Crippen molar-refractivity contribution < 1.29 is 4.79 Å². The van der Waals surface area contributed by atoms with Crippen LogP contribution in [-0.2, 0) is 38.8 Å². The number of aromatic nitrogens is 5. The van der Waals surface area contributed by atoms with E-state index >= 15 is 0 Å². The quantitative estimate of drug-likeness (QED) is 0.470. The standard InChI is InChI=1S/C23H26N6O3S/c1-13(2)10-14-6-8-15(9-7-14)16-12-33-22(24-16)25-18(30)11-17-19-20(26-29(17)5)27(3)23(32)28(4)21(19)31/h6-9,12-13H,10-11H2,1-5H3,(H,24,25,30). The highest BCUT2D eigenvalue weighted by atomic mass is 32.1. The van der Waals surface area contributed by atoms with Gasteiger partial charge in [0.25, 0.3) is 5.56 Å². The Morgan fingerprint density at radius 1 is 1.09 bits per heavy atom. The van der Waals surface area contributed by atoms with Gasteiger partial charge >= 0.3 is 5.69 Å². The largest absolute Gasteiger partial charge is 0.332 e. The van der Waals surface area contributed by atoms with Crippen molar-refractivity contribution in [3.05, 3.63) is 61.7 Å². The van der Waals surface area contributed by atoms with Crippen LogP contribution >= 0.6 is 11.3 Å². The second kappa shape index (κ2) is 8.78. The van der Waals surface area contributed by atoms with Crippen molar-refractivity contribution in [3.8, 4) is 11.3 Å². The van der Waals surface area contributed by atoms with Gasteiger partial charge in [-0.2, -0.15) is 5.10 Å². The molecule has 0 spiro atoms. The normalized spacial score (nSPS) is 11.5. The maximum atomic E-state index is 12.8. The van der Waals surface area contributed by atoms with Crippen LogP contribution in [0, 0.1) is 5.92 Å². The first-order chi connectivity index (χ1) is 15.7. The number of carbonyl (C=O) groups excluding carboxylic acids is 1. The number of anilines is 1. The fourth-order valence-corrected chi connectivity index (χ4v) is 4.57. The minimum Gasteiger partial charge on any atom is -0.302 e. The van der Waals surface area contributed by atoms with E-state index in [0.29, 0.717) is 16.7 Å². The summed E-state index contributed by atoms with van der Waals surface area (Å²) in [4.78, 5) is 42.1. The zero-order valence-corrected chi connectivity index (χ0v) is 20.1. The number of hydrogen-bond donors (Lipinski definition) is 1. The van der Waals surface area contributed by atoms with Gasteiger partial charge in [0.15, 0.2) is 10.8 Å². The highest BCUT2D eigenvalue weighted by Gasteiger charge is 2.20. The number of benzene rings is 1. The molecule has 0 aliphatic rings. The minimum atomic E-state index is -0.471. The summed E-state index contributed by atoms with van der Waals surface area (Å²) in [5.74, 6) is 0.280. The van der Waals surface area contributed by atoms with Gasteiger partial charge < -0.3 is 5.32 Å². The van der Waals surface area contributed by atoms with E-state index < -0.39 is 11.2 Å². The molecule has 1 N–H and O–H groups in total. The second-order valence-electron chi connectivity index (χ2n) is 8.53. The molecule has 0 atom stereocenters. The summed E-state index contributed by atoms with van der Waals surface area (Å²) < 4.78 is 3.79. The van der Waals surface area contributed by atoms with E-state index in [2.05, 4.69) is 41.4 Å². The van der Waals surface area contributed by atoms with Crippen LogP contribution < -0.4 is 16.6 Å². The monoisotopic (exact) mass is 466 g/mol. The molecule has 10 heteroatoms. The summed E-state index contributed by atoms with van der Waals surface area (Å²) in [6, 6.07) is 8.29. The Hall–Kier alpha value is -3.53. The lowest BCUT2D eigenvalue weighted by Crippen LogP contribution is -2.37. The molecule has 1 amide bonds. The van der Waals surface area contributed by atoms with Crippen molar-refractivity contribution in [3.63, 3.8) is 0 Å². The average Bonchev–Trinajstić information content (AvgIpc) is 3.36. The smallest absolute Gasteiger partial charge is 0.302 e. The molecule has 0 bridgehead atoms. The van der Waals surface area contributed by atoms with Crippen LogP contribution in [0.1, 0.15) is 25.1 Å². The number of fused-ring (bicyclic) bond motifs is 1. The van der Waals surface area contributed by atoms with Crippen LogP contribution in [0.4, 0.5) is 5.13 Å². The van der Waals surface area contributed by atoms with Gasteiger partial charge in [-0.05, 0) is 17.9 Å². The molecule has 4 rings (SSSR count). The van der Waals surface area contributed by atoms with Crippen LogP contribution in [0.5, 0.6) is 0 Å². The Kier molecular flexibility index (Phi) is 6.03. The lowest BCUT2D eigenvalue weighted by Gasteiger charge is -2.05. The van der Waals surface area contributed by atoms with Crippen LogP contribution in [0.15, 0.2) is 39.2 Å². The van der Waals surface area contributed by atoms with Gasteiger partial charge in [0, 0.05) is 32.1 Å². The molecular weight excluding hydrogens is 440 g/mol. The molecule has 9 nitrogen and oxygen atoms in total. The third kappa shape index (κ3) is 4.38. The zero-order valence-electron chi connectivity index (χ0n) is 19.2. The summed E-state index contributed by atoms with van der Waals surface area (Å²) in [6.45, 7) is 4.38. The third-order valence-corrected chi connectivity index (χ3v) is 6.29. The van der Waals surface area contributed by atoms with Gasteiger partial charge in [-0.15, -0.1) is 11.3 Å². The van der Waals surface area contributed by atoms with Crippen molar-refractivity contribution >= 4 is 33.4 Å². The minimum absolute atomic E-state index is 0.0702. The topological polar surface area (TPSA) is 104 Å². The molecule has 0 aliphatic heterocycles. The van der Waals surface area contributed by atoms with Gasteiger partial charge in [0.05, 0.1) is 17.8 Å². The van der Waals surface area contributed by atoms with Gasteiger partial charge in [-0.1, -0.05) is 38.1 Å². The SMILES string of the molecule is CC(C)Cc1ccc(-c2csc(NC(=O)Cc3c4c(=O)n(C)c(=O)n(C)c4nn3C)n2)cc1. The summed E-state index contributed by atoms with van der Waals surface area (Å²) in [5, 5.41) is 9.73. The second-order valence-corrected chi connectivity index (χ2v) is 9.39. The molecule has 33 heavy (non-hydrogen) atoms. The molecule has 172 valence electrons. The van der Waals surface area contributed by atoms with E-state index in [1.165, 1.54) is 33.2 Å². The summed E-state index contributed by atoms with van der Waals surface area (Å²) >= 11 is 1.34. The Labute approximate surface area is 194 Å². The number of amides is 1. The van der Waals surface area contributed by atoms with E-state index in [1.54, 1.807) is 14.1 Å². The summed E-state index contributed by atoms with van der Waals surface area (Å²) in [7, 11) is 4.61. The molecule has 3 aromatic heterocycles. The number of aryl methyl sites for hydroxylation is 2. The molecule has 4 aromatic rings. The number of hydrogen-bond acceptors (Lipinski definition) is 6. The third-order valence-electron chi connectivity index (χ3n) is 5.53. The lowest BCUT2D eigenvalue weighted by molar-refractivity contribution is -0.115. The van der Waals surface area contributed by atoms with Gasteiger partial charge in [-0.25, -0.2) is 9.78 Å². The van der Waals surface area contributed by atoms with E-state index in [1.807, 2.05) is 17.5 Å². The molecule has 0 radical (unpaired) electrons. The molecule has 0 saturated heterocycles. The number of nitrogens with one attached hydrogen (secondary N) is 1. The summed E-state index contributed by atoms with van der Waals surface area (Å²) in [5.41, 5.74) is 2.82. The fourth-order valence-electron chi connectivity index (χ4n) is 3.83. The molecule has 1 aromatic carbocycles. The van der Waals surface area contributed by atoms with E-state index in [9.17, 15) is 14.4 Å². The Bertz CT molecular complexity index is 1460. The zero-order chi connectivity index (χ0) is 23.9. The van der Waals surface area contributed by atoms with Crippen molar-refractivity contribution in [1.82, 2.24) is 23.9 Å². The van der Waals surface area contributed by atoms with Crippen LogP contribution in [0.25, 0.3) is 22.3 Å². The van der Waals surface area contributed by atoms with Crippen molar-refractivity contribution in [2.75, 3.05) is 5.32 Å². The first-order valence-electron chi connectivity index (χ1n) is 10.6. The molecule has 0 saturated carbocycles. The van der Waals surface area contributed by atoms with E-state index in [4.69, 9.17) is 0 Å². The van der Waals surface area contributed by atoms with Crippen LogP contribution in [0.2, 0.25) is 0 Å². The Balaban J connectivity index is 1.53. The molecular formula is C23H26N6O3S. The first-order valence-corrected chi connectivity index (χ1v) is 11.5. The average molecular weight is 467 g/mol. The maximum Gasteiger partial charge on any atom is 0.332 e. The lowest BCUT2D eigenvalue weighted by atomic mass is 10.0. The number of carbonyl (C=O) groups is 1. The number of rotatable bonds is 6. The van der Waals surface area contributed by atoms with Crippen LogP contribution in [0.3, 0.4) is 0 Å². The van der Waals surface area contributed by atoms with Gasteiger partial charge in [-0.3, -0.25) is 23.4 Å². The van der Waals surface area contributed by atoms with Gasteiger partial charge in [0.1, 0.15) is 5.39 Å².